The molecule has 0 bridgehead atoms. The number of rotatable bonds is 6. The van der Waals surface area contributed by atoms with Crippen molar-refractivity contribution in [2.75, 3.05) is 13.7 Å². The van der Waals surface area contributed by atoms with Crippen molar-refractivity contribution >= 4 is 5.97 Å². The minimum absolute atomic E-state index is 0.168. The monoisotopic (exact) mass is 276 g/mol. The molecule has 0 amide bonds. The third-order valence-corrected chi connectivity index (χ3v) is 2.95. The maximum atomic E-state index is 11.0. The van der Waals surface area contributed by atoms with E-state index in [2.05, 4.69) is 5.10 Å². The molecule has 2 aromatic rings. The first-order chi connectivity index (χ1) is 9.61. The Hall–Kier alpha value is -2.50. The highest BCUT2D eigenvalue weighted by atomic mass is 16.5. The number of carbonyl (C=O) groups is 1. The maximum Gasteiger partial charge on any atom is 0.335 e. The zero-order valence-corrected chi connectivity index (χ0v) is 11.4. The Bertz CT molecular complexity index is 607. The number of hydrogen-bond donors (Lipinski definition) is 1. The largest absolute Gasteiger partial charge is 0.493 e. The van der Waals surface area contributed by atoms with Crippen LogP contribution in [0.3, 0.4) is 0 Å². The predicted molar refractivity (Wildman–Crippen MR) is 72.4 cm³/mol. The SMILES string of the molecule is COc1ccc(C(=O)O)cc1OCCc1ccnn1C. The van der Waals surface area contributed by atoms with Crippen molar-refractivity contribution in [2.45, 2.75) is 6.42 Å². The lowest BCUT2D eigenvalue weighted by Crippen LogP contribution is -2.07. The van der Waals surface area contributed by atoms with Crippen molar-refractivity contribution in [3.05, 3.63) is 41.7 Å². The van der Waals surface area contributed by atoms with Gasteiger partial charge >= 0.3 is 5.97 Å². The molecule has 0 saturated heterocycles. The van der Waals surface area contributed by atoms with Crippen molar-refractivity contribution in [3.63, 3.8) is 0 Å². The van der Waals surface area contributed by atoms with E-state index in [0.29, 0.717) is 24.5 Å². The van der Waals surface area contributed by atoms with E-state index in [9.17, 15) is 4.79 Å². The molecule has 106 valence electrons. The van der Waals surface area contributed by atoms with Crippen LogP contribution in [0.4, 0.5) is 0 Å². The van der Waals surface area contributed by atoms with Crippen LogP contribution in [0.15, 0.2) is 30.5 Å². The number of carboxylic acids is 1. The summed E-state index contributed by atoms with van der Waals surface area (Å²) in [6.45, 7) is 0.416. The summed E-state index contributed by atoms with van der Waals surface area (Å²) in [5, 5.41) is 13.0. The van der Waals surface area contributed by atoms with Gasteiger partial charge in [-0.05, 0) is 24.3 Å². The van der Waals surface area contributed by atoms with E-state index in [1.807, 2.05) is 13.1 Å². The molecular formula is C14H16N2O4. The van der Waals surface area contributed by atoms with E-state index in [1.165, 1.54) is 19.2 Å². The summed E-state index contributed by atoms with van der Waals surface area (Å²) in [6, 6.07) is 6.44. The van der Waals surface area contributed by atoms with Gasteiger partial charge in [0.2, 0.25) is 0 Å². The minimum Gasteiger partial charge on any atom is -0.493 e. The Morgan fingerprint density at radius 3 is 2.75 bits per heavy atom. The topological polar surface area (TPSA) is 73.6 Å². The number of aryl methyl sites for hydroxylation is 1. The summed E-state index contributed by atoms with van der Waals surface area (Å²) < 4.78 is 12.5. The van der Waals surface area contributed by atoms with Crippen molar-refractivity contribution < 1.29 is 19.4 Å². The molecule has 2 rings (SSSR count). The zero-order valence-electron chi connectivity index (χ0n) is 11.4. The van der Waals surface area contributed by atoms with Crippen LogP contribution < -0.4 is 9.47 Å². The lowest BCUT2D eigenvalue weighted by molar-refractivity contribution is 0.0696. The molecule has 1 heterocycles. The molecule has 1 aromatic heterocycles. The molecule has 0 aliphatic heterocycles. The van der Waals surface area contributed by atoms with Gasteiger partial charge in [0.25, 0.3) is 0 Å². The first-order valence-corrected chi connectivity index (χ1v) is 6.13. The van der Waals surface area contributed by atoms with Crippen molar-refractivity contribution in [2.24, 2.45) is 7.05 Å². The van der Waals surface area contributed by atoms with Gasteiger partial charge in [-0.3, -0.25) is 4.68 Å². The summed E-state index contributed by atoms with van der Waals surface area (Å²) in [5.74, 6) is -0.0567. The Labute approximate surface area is 116 Å². The zero-order chi connectivity index (χ0) is 14.5. The van der Waals surface area contributed by atoms with Crippen molar-refractivity contribution in [1.82, 2.24) is 9.78 Å². The van der Waals surface area contributed by atoms with Gasteiger partial charge in [0, 0.05) is 25.4 Å². The standard InChI is InChI=1S/C14H16N2O4/c1-16-11(5-7-15-16)6-8-20-13-9-10(14(17)18)3-4-12(13)19-2/h3-5,7,9H,6,8H2,1-2H3,(H,17,18). The molecule has 0 radical (unpaired) electrons. The number of aromatic carboxylic acids is 1. The van der Waals surface area contributed by atoms with Crippen LogP contribution in [0, 0.1) is 0 Å². The van der Waals surface area contributed by atoms with Gasteiger partial charge in [-0.2, -0.15) is 5.10 Å². The van der Waals surface area contributed by atoms with Crippen LogP contribution in [0.5, 0.6) is 11.5 Å². The molecule has 0 spiro atoms. The van der Waals surface area contributed by atoms with E-state index in [4.69, 9.17) is 14.6 Å². The van der Waals surface area contributed by atoms with Gasteiger partial charge in [-0.25, -0.2) is 4.79 Å². The summed E-state index contributed by atoms with van der Waals surface area (Å²) in [6.07, 6.45) is 2.40. The van der Waals surface area contributed by atoms with E-state index >= 15 is 0 Å². The quantitative estimate of drug-likeness (QED) is 0.870. The first kappa shape index (κ1) is 13.9. The minimum atomic E-state index is -0.996. The fourth-order valence-corrected chi connectivity index (χ4v) is 1.83. The molecule has 0 atom stereocenters. The van der Waals surface area contributed by atoms with Gasteiger partial charge in [0.1, 0.15) is 0 Å². The van der Waals surface area contributed by atoms with Crippen molar-refractivity contribution in [3.8, 4) is 11.5 Å². The second-order valence-electron chi connectivity index (χ2n) is 4.22. The fourth-order valence-electron chi connectivity index (χ4n) is 1.83. The van der Waals surface area contributed by atoms with Gasteiger partial charge in [0.05, 0.1) is 19.3 Å². The van der Waals surface area contributed by atoms with Gasteiger partial charge in [-0.1, -0.05) is 0 Å². The number of methoxy groups -OCH3 is 1. The molecule has 0 fully saturated rings. The van der Waals surface area contributed by atoms with Crippen LogP contribution in [-0.2, 0) is 13.5 Å². The number of benzene rings is 1. The van der Waals surface area contributed by atoms with Gasteiger partial charge < -0.3 is 14.6 Å². The van der Waals surface area contributed by atoms with Crippen molar-refractivity contribution in [1.29, 1.82) is 0 Å². The van der Waals surface area contributed by atoms with Gasteiger partial charge in [0.15, 0.2) is 11.5 Å². The molecule has 1 N–H and O–H groups in total. The lowest BCUT2D eigenvalue weighted by atomic mass is 10.2. The molecule has 6 nitrogen and oxygen atoms in total. The molecule has 1 aromatic carbocycles. The number of carboxylic acid groups (broad SMARTS) is 1. The van der Waals surface area contributed by atoms with Gasteiger partial charge in [-0.15, -0.1) is 0 Å². The Balaban J connectivity index is 2.06. The average Bonchev–Trinajstić information content (AvgIpc) is 2.84. The normalized spacial score (nSPS) is 10.3. The van der Waals surface area contributed by atoms with E-state index in [-0.39, 0.29) is 5.56 Å². The van der Waals surface area contributed by atoms with Crippen LogP contribution in [0.25, 0.3) is 0 Å². The number of ether oxygens (including phenoxy) is 2. The van der Waals surface area contributed by atoms with E-state index < -0.39 is 5.97 Å². The molecule has 0 aliphatic carbocycles. The molecule has 6 heteroatoms. The Morgan fingerprint density at radius 1 is 1.35 bits per heavy atom. The lowest BCUT2D eigenvalue weighted by Gasteiger charge is -2.11. The third-order valence-electron chi connectivity index (χ3n) is 2.95. The summed E-state index contributed by atoms with van der Waals surface area (Å²) in [4.78, 5) is 11.0. The molecule has 0 unspecified atom stereocenters. The molecular weight excluding hydrogens is 260 g/mol. The Morgan fingerprint density at radius 2 is 2.15 bits per heavy atom. The van der Waals surface area contributed by atoms with Crippen LogP contribution in [-0.4, -0.2) is 34.6 Å². The highest BCUT2D eigenvalue weighted by Gasteiger charge is 2.10. The second-order valence-corrected chi connectivity index (χ2v) is 4.22. The van der Waals surface area contributed by atoms with Crippen LogP contribution in [0.2, 0.25) is 0 Å². The predicted octanol–water partition coefficient (Wildman–Crippen LogP) is 1.75. The fraction of sp³-hybridized carbons (Fsp3) is 0.286. The van der Waals surface area contributed by atoms with Crippen LogP contribution in [0.1, 0.15) is 16.1 Å². The number of nitrogens with zero attached hydrogens (tertiary/aromatic N) is 2. The molecule has 20 heavy (non-hydrogen) atoms. The molecule has 0 saturated carbocycles. The van der Waals surface area contributed by atoms with E-state index in [0.717, 1.165) is 5.69 Å². The Kier molecular flexibility index (Phi) is 4.24. The summed E-state index contributed by atoms with van der Waals surface area (Å²) in [7, 11) is 3.38. The van der Waals surface area contributed by atoms with Crippen LogP contribution >= 0.6 is 0 Å². The maximum absolute atomic E-state index is 11.0. The highest BCUT2D eigenvalue weighted by molar-refractivity contribution is 5.88. The number of hydrogen-bond acceptors (Lipinski definition) is 4. The first-order valence-electron chi connectivity index (χ1n) is 6.13. The van der Waals surface area contributed by atoms with E-state index in [1.54, 1.807) is 16.9 Å². The third kappa shape index (κ3) is 3.09. The smallest absolute Gasteiger partial charge is 0.335 e. The average molecular weight is 276 g/mol. The highest BCUT2D eigenvalue weighted by Crippen LogP contribution is 2.28. The number of aromatic nitrogens is 2. The second kappa shape index (κ2) is 6.10. The molecule has 0 aliphatic rings. The summed E-state index contributed by atoms with van der Waals surface area (Å²) >= 11 is 0. The summed E-state index contributed by atoms with van der Waals surface area (Å²) in [5.41, 5.74) is 1.21.